The molecule has 0 saturated heterocycles. The van der Waals surface area contributed by atoms with Gasteiger partial charge in [-0.05, 0) is 43.9 Å². The van der Waals surface area contributed by atoms with E-state index in [0.29, 0.717) is 19.7 Å². The lowest BCUT2D eigenvalue weighted by Gasteiger charge is -2.36. The van der Waals surface area contributed by atoms with Gasteiger partial charge in [0.1, 0.15) is 12.4 Å². The second-order valence-corrected chi connectivity index (χ2v) is 5.35. The molecule has 1 saturated carbocycles. The molecule has 0 aromatic heterocycles. The van der Waals surface area contributed by atoms with Crippen LogP contribution in [0.3, 0.4) is 0 Å². The number of urea groups is 1. The van der Waals surface area contributed by atoms with Crippen molar-refractivity contribution in [2.75, 3.05) is 19.7 Å². The predicted molar refractivity (Wildman–Crippen MR) is 76.9 cm³/mol. The van der Waals surface area contributed by atoms with E-state index in [1.165, 1.54) is 0 Å². The third kappa shape index (κ3) is 4.42. The highest BCUT2D eigenvalue weighted by atomic mass is 16.5. The van der Waals surface area contributed by atoms with E-state index in [2.05, 4.69) is 10.6 Å². The summed E-state index contributed by atoms with van der Waals surface area (Å²) in [4.78, 5) is 11.5. The molecule has 0 heterocycles. The van der Waals surface area contributed by atoms with Crippen molar-refractivity contribution in [3.8, 4) is 5.75 Å². The Kier molecular flexibility index (Phi) is 4.84. The van der Waals surface area contributed by atoms with Gasteiger partial charge in [0.25, 0.3) is 0 Å². The van der Waals surface area contributed by atoms with Gasteiger partial charge < -0.3 is 20.5 Å². The van der Waals surface area contributed by atoms with E-state index >= 15 is 0 Å². The molecule has 0 spiro atoms. The first-order chi connectivity index (χ1) is 9.57. The number of carbonyl (C=O) groups is 1. The summed E-state index contributed by atoms with van der Waals surface area (Å²) in [6, 6.07) is 7.51. The third-order valence-corrected chi connectivity index (χ3v) is 3.51. The summed E-state index contributed by atoms with van der Waals surface area (Å²) in [5, 5.41) is 15.2. The molecule has 2 amide bonds. The van der Waals surface area contributed by atoms with E-state index in [4.69, 9.17) is 4.74 Å². The van der Waals surface area contributed by atoms with E-state index in [0.717, 1.165) is 30.6 Å². The molecule has 1 aromatic carbocycles. The number of aliphatic hydroxyl groups is 1. The van der Waals surface area contributed by atoms with Gasteiger partial charge in [0.2, 0.25) is 0 Å². The maximum Gasteiger partial charge on any atom is 0.315 e. The van der Waals surface area contributed by atoms with Crippen LogP contribution in [0.1, 0.15) is 24.8 Å². The maximum atomic E-state index is 11.5. The van der Waals surface area contributed by atoms with Crippen molar-refractivity contribution in [1.29, 1.82) is 0 Å². The largest absolute Gasteiger partial charge is 0.492 e. The molecule has 0 radical (unpaired) electrons. The number of benzene rings is 1. The fourth-order valence-corrected chi connectivity index (χ4v) is 2.11. The second-order valence-electron chi connectivity index (χ2n) is 5.35. The molecular weight excluding hydrogens is 256 g/mol. The van der Waals surface area contributed by atoms with Crippen molar-refractivity contribution >= 4 is 6.03 Å². The van der Waals surface area contributed by atoms with Crippen LogP contribution in [0.5, 0.6) is 5.75 Å². The zero-order chi connectivity index (χ0) is 14.4. The van der Waals surface area contributed by atoms with Crippen molar-refractivity contribution in [2.24, 2.45) is 0 Å². The molecule has 0 atom stereocenters. The normalized spacial score (nSPS) is 16.1. The van der Waals surface area contributed by atoms with E-state index in [-0.39, 0.29) is 6.03 Å². The van der Waals surface area contributed by atoms with Gasteiger partial charge in [0.15, 0.2) is 0 Å². The lowest BCUT2D eigenvalue weighted by Crippen LogP contribution is -2.50. The molecule has 0 bridgehead atoms. The van der Waals surface area contributed by atoms with Crippen LogP contribution in [-0.2, 0) is 0 Å². The van der Waals surface area contributed by atoms with Crippen LogP contribution in [0.15, 0.2) is 24.3 Å². The Morgan fingerprint density at radius 2 is 2.20 bits per heavy atom. The molecule has 5 heteroatoms. The van der Waals surface area contributed by atoms with Crippen LogP contribution in [0.2, 0.25) is 0 Å². The van der Waals surface area contributed by atoms with E-state index in [1.807, 2.05) is 31.2 Å². The molecule has 1 aliphatic carbocycles. The molecule has 2 rings (SSSR count). The molecular formula is C15H22N2O3. The Bertz CT molecular complexity index is 458. The van der Waals surface area contributed by atoms with Gasteiger partial charge in [0.05, 0.1) is 12.1 Å². The maximum absolute atomic E-state index is 11.5. The number of hydrogen-bond donors (Lipinski definition) is 3. The average Bonchev–Trinajstić information content (AvgIpc) is 2.39. The van der Waals surface area contributed by atoms with Crippen LogP contribution in [0.25, 0.3) is 0 Å². The number of hydrogen-bond acceptors (Lipinski definition) is 3. The van der Waals surface area contributed by atoms with Gasteiger partial charge in [-0.1, -0.05) is 12.1 Å². The number of carbonyl (C=O) groups excluding carboxylic acids is 1. The first-order valence-electron chi connectivity index (χ1n) is 7.01. The predicted octanol–water partition coefficient (Wildman–Crippen LogP) is 1.59. The van der Waals surface area contributed by atoms with Gasteiger partial charge in [-0.25, -0.2) is 4.79 Å². The summed E-state index contributed by atoms with van der Waals surface area (Å²) in [5.74, 6) is 0.802. The molecule has 5 nitrogen and oxygen atoms in total. The number of nitrogens with one attached hydrogen (secondary N) is 2. The lowest BCUT2D eigenvalue weighted by atomic mass is 9.80. The molecule has 3 N–H and O–H groups in total. The highest BCUT2D eigenvalue weighted by Crippen LogP contribution is 2.30. The standard InChI is InChI=1S/C15H22N2O3/c1-12-4-2-5-13(10-12)20-9-8-16-14(18)17-11-15(19)6-3-7-15/h2,4-5,10,19H,3,6-9,11H2,1H3,(H2,16,17,18). The van der Waals surface area contributed by atoms with Gasteiger partial charge >= 0.3 is 6.03 Å². The Morgan fingerprint density at radius 1 is 1.40 bits per heavy atom. The first-order valence-corrected chi connectivity index (χ1v) is 7.01. The van der Waals surface area contributed by atoms with Crippen molar-refractivity contribution in [1.82, 2.24) is 10.6 Å². The fraction of sp³-hybridized carbons (Fsp3) is 0.533. The summed E-state index contributed by atoms with van der Waals surface area (Å²) < 4.78 is 5.52. The van der Waals surface area contributed by atoms with Crippen LogP contribution < -0.4 is 15.4 Å². The zero-order valence-corrected chi connectivity index (χ0v) is 11.8. The van der Waals surface area contributed by atoms with Crippen molar-refractivity contribution in [3.63, 3.8) is 0 Å². The number of rotatable bonds is 6. The van der Waals surface area contributed by atoms with E-state index in [9.17, 15) is 9.90 Å². The van der Waals surface area contributed by atoms with Gasteiger partial charge in [0, 0.05) is 6.54 Å². The molecule has 1 aromatic rings. The number of ether oxygens (including phenoxy) is 1. The fourth-order valence-electron chi connectivity index (χ4n) is 2.11. The highest BCUT2D eigenvalue weighted by molar-refractivity contribution is 5.73. The Labute approximate surface area is 119 Å². The monoisotopic (exact) mass is 278 g/mol. The third-order valence-electron chi connectivity index (χ3n) is 3.51. The Balaban J connectivity index is 1.57. The summed E-state index contributed by atoms with van der Waals surface area (Å²) >= 11 is 0. The van der Waals surface area contributed by atoms with Crippen LogP contribution in [0.4, 0.5) is 4.79 Å². The SMILES string of the molecule is Cc1cccc(OCCNC(=O)NCC2(O)CCC2)c1. The summed E-state index contributed by atoms with van der Waals surface area (Å²) in [6.45, 7) is 3.17. The van der Waals surface area contributed by atoms with E-state index < -0.39 is 5.60 Å². The second kappa shape index (κ2) is 6.61. The average molecular weight is 278 g/mol. The minimum absolute atomic E-state index is 0.266. The van der Waals surface area contributed by atoms with Gasteiger partial charge in [-0.3, -0.25) is 0 Å². The number of amides is 2. The van der Waals surface area contributed by atoms with Gasteiger partial charge in [-0.2, -0.15) is 0 Å². The van der Waals surface area contributed by atoms with Crippen molar-refractivity contribution in [2.45, 2.75) is 31.8 Å². The molecule has 0 aliphatic heterocycles. The summed E-state index contributed by atoms with van der Waals surface area (Å²) in [5.41, 5.74) is 0.456. The minimum Gasteiger partial charge on any atom is -0.492 e. The molecule has 0 unspecified atom stereocenters. The quantitative estimate of drug-likeness (QED) is 0.692. The Morgan fingerprint density at radius 3 is 2.85 bits per heavy atom. The molecule has 1 aliphatic rings. The van der Waals surface area contributed by atoms with Crippen molar-refractivity contribution < 1.29 is 14.6 Å². The highest BCUT2D eigenvalue weighted by Gasteiger charge is 2.34. The molecule has 1 fully saturated rings. The van der Waals surface area contributed by atoms with E-state index in [1.54, 1.807) is 0 Å². The zero-order valence-electron chi connectivity index (χ0n) is 11.8. The number of aryl methyl sites for hydroxylation is 1. The van der Waals surface area contributed by atoms with Gasteiger partial charge in [-0.15, -0.1) is 0 Å². The summed E-state index contributed by atoms with van der Waals surface area (Å²) in [6.07, 6.45) is 2.57. The lowest BCUT2D eigenvalue weighted by molar-refractivity contribution is -0.0290. The van der Waals surface area contributed by atoms with Crippen LogP contribution >= 0.6 is 0 Å². The van der Waals surface area contributed by atoms with Crippen LogP contribution in [0, 0.1) is 6.92 Å². The molecule has 20 heavy (non-hydrogen) atoms. The first kappa shape index (κ1) is 14.7. The molecule has 110 valence electrons. The Hall–Kier alpha value is -1.75. The smallest absolute Gasteiger partial charge is 0.315 e. The van der Waals surface area contributed by atoms with Crippen LogP contribution in [-0.4, -0.2) is 36.4 Å². The summed E-state index contributed by atoms with van der Waals surface area (Å²) in [7, 11) is 0. The topological polar surface area (TPSA) is 70.6 Å². The van der Waals surface area contributed by atoms with Crippen molar-refractivity contribution in [3.05, 3.63) is 29.8 Å². The minimum atomic E-state index is -0.685.